The molecule has 0 aliphatic carbocycles. The van der Waals surface area contributed by atoms with E-state index >= 15 is 0 Å². The highest BCUT2D eigenvalue weighted by Gasteiger charge is 2.42. The van der Waals surface area contributed by atoms with Crippen LogP contribution in [-0.2, 0) is 0 Å². The highest BCUT2D eigenvalue weighted by molar-refractivity contribution is 4.93. The molecule has 1 rings (SSSR count). The number of likely N-dealkylation sites (tertiary alicyclic amines) is 1. The van der Waals surface area contributed by atoms with Crippen molar-refractivity contribution in [1.29, 1.82) is 5.26 Å². The van der Waals surface area contributed by atoms with Crippen LogP contribution < -0.4 is 0 Å². The van der Waals surface area contributed by atoms with Crippen molar-refractivity contribution in [3.8, 4) is 6.07 Å². The van der Waals surface area contributed by atoms with Gasteiger partial charge in [-0.2, -0.15) is 18.4 Å². The van der Waals surface area contributed by atoms with Gasteiger partial charge >= 0.3 is 6.18 Å². The van der Waals surface area contributed by atoms with Gasteiger partial charge in [0.1, 0.15) is 0 Å². The maximum absolute atomic E-state index is 12.4. The van der Waals surface area contributed by atoms with Crippen molar-refractivity contribution >= 4 is 0 Å². The van der Waals surface area contributed by atoms with Crippen LogP contribution in [0.3, 0.4) is 0 Å². The average Bonchev–Trinajstić information content (AvgIpc) is 2.59. The lowest BCUT2D eigenvalue weighted by Gasteiger charge is -2.26. The lowest BCUT2D eigenvalue weighted by Crippen LogP contribution is -2.38. The first kappa shape index (κ1) is 12.3. The zero-order valence-corrected chi connectivity index (χ0v) is 8.72. The van der Waals surface area contributed by atoms with Crippen LogP contribution in [0.1, 0.15) is 26.2 Å². The van der Waals surface area contributed by atoms with Crippen LogP contribution in [0.2, 0.25) is 0 Å². The molecule has 86 valence electrons. The topological polar surface area (TPSA) is 27.0 Å². The van der Waals surface area contributed by atoms with E-state index in [1.54, 1.807) is 4.90 Å². The Labute approximate surface area is 87.7 Å². The Morgan fingerprint density at radius 2 is 2.20 bits per heavy atom. The minimum Gasteiger partial charge on any atom is -0.299 e. The molecule has 5 heteroatoms. The van der Waals surface area contributed by atoms with Crippen molar-refractivity contribution < 1.29 is 13.2 Å². The maximum Gasteiger partial charge on any atom is 0.405 e. The first-order chi connectivity index (χ1) is 6.99. The number of halogens is 3. The molecule has 0 radical (unpaired) electrons. The monoisotopic (exact) mass is 220 g/mol. The average molecular weight is 220 g/mol. The van der Waals surface area contributed by atoms with Crippen molar-refractivity contribution in [2.45, 2.75) is 38.4 Å². The standard InChI is InChI=1S/C10H15F3N2/c1-2-9-4-3-5-15(9)7-8(6-14)10(11,12)13/h8-9H,2-5,7H2,1H3. The first-order valence-electron chi connectivity index (χ1n) is 5.19. The van der Waals surface area contributed by atoms with Gasteiger partial charge in [0.15, 0.2) is 5.92 Å². The van der Waals surface area contributed by atoms with Crippen LogP contribution in [0.15, 0.2) is 0 Å². The fraction of sp³-hybridized carbons (Fsp3) is 0.900. The molecule has 0 spiro atoms. The number of hydrogen-bond acceptors (Lipinski definition) is 2. The zero-order chi connectivity index (χ0) is 11.5. The van der Waals surface area contributed by atoms with E-state index in [4.69, 9.17) is 5.26 Å². The van der Waals surface area contributed by atoms with E-state index in [1.807, 2.05) is 6.92 Å². The van der Waals surface area contributed by atoms with Crippen LogP contribution in [0.5, 0.6) is 0 Å². The molecule has 0 bridgehead atoms. The maximum atomic E-state index is 12.4. The fourth-order valence-electron chi connectivity index (χ4n) is 2.05. The van der Waals surface area contributed by atoms with Gasteiger partial charge in [-0.1, -0.05) is 6.92 Å². The Balaban J connectivity index is 2.56. The van der Waals surface area contributed by atoms with E-state index in [0.29, 0.717) is 6.54 Å². The van der Waals surface area contributed by atoms with Gasteiger partial charge in [-0.3, -0.25) is 4.90 Å². The van der Waals surface area contributed by atoms with Crippen LogP contribution in [0, 0.1) is 17.2 Å². The second-order valence-electron chi connectivity index (χ2n) is 3.92. The van der Waals surface area contributed by atoms with E-state index < -0.39 is 12.1 Å². The predicted molar refractivity (Wildman–Crippen MR) is 50.0 cm³/mol. The largest absolute Gasteiger partial charge is 0.405 e. The van der Waals surface area contributed by atoms with Gasteiger partial charge in [0.25, 0.3) is 0 Å². The van der Waals surface area contributed by atoms with Crippen LogP contribution in [0.25, 0.3) is 0 Å². The Kier molecular flexibility index (Phi) is 3.97. The quantitative estimate of drug-likeness (QED) is 0.730. The molecule has 1 saturated heterocycles. The second kappa shape index (κ2) is 4.84. The molecule has 0 aromatic heterocycles. The Morgan fingerprint density at radius 3 is 2.67 bits per heavy atom. The third kappa shape index (κ3) is 3.10. The summed E-state index contributed by atoms with van der Waals surface area (Å²) in [6.45, 7) is 2.49. The van der Waals surface area contributed by atoms with Gasteiger partial charge in [0, 0.05) is 12.6 Å². The Morgan fingerprint density at radius 1 is 1.53 bits per heavy atom. The summed E-state index contributed by atoms with van der Waals surface area (Å²) in [5.41, 5.74) is 0. The molecule has 1 fully saturated rings. The minimum atomic E-state index is -4.39. The molecule has 1 aliphatic heterocycles. The van der Waals surface area contributed by atoms with Gasteiger partial charge < -0.3 is 0 Å². The van der Waals surface area contributed by atoms with Gasteiger partial charge in [0.2, 0.25) is 0 Å². The van der Waals surface area contributed by atoms with Gasteiger partial charge in [-0.05, 0) is 25.8 Å². The highest BCUT2D eigenvalue weighted by Crippen LogP contribution is 2.29. The molecule has 0 N–H and O–H groups in total. The summed E-state index contributed by atoms with van der Waals surface area (Å²) in [6, 6.07) is 1.57. The summed E-state index contributed by atoms with van der Waals surface area (Å²) in [4.78, 5) is 1.79. The van der Waals surface area contributed by atoms with Crippen molar-refractivity contribution in [2.24, 2.45) is 5.92 Å². The van der Waals surface area contributed by atoms with Gasteiger partial charge in [-0.25, -0.2) is 0 Å². The predicted octanol–water partition coefficient (Wildman–Crippen LogP) is 2.56. The third-order valence-electron chi connectivity index (χ3n) is 2.94. The Hall–Kier alpha value is -0.760. The summed E-state index contributed by atoms with van der Waals surface area (Å²) in [5.74, 6) is -1.84. The van der Waals surface area contributed by atoms with Crippen molar-refractivity contribution in [2.75, 3.05) is 13.1 Å². The van der Waals surface area contributed by atoms with Crippen LogP contribution >= 0.6 is 0 Å². The van der Waals surface area contributed by atoms with E-state index in [-0.39, 0.29) is 12.6 Å². The normalized spacial score (nSPS) is 25.1. The molecule has 0 saturated carbocycles. The van der Waals surface area contributed by atoms with E-state index in [0.717, 1.165) is 19.3 Å². The molecule has 2 atom stereocenters. The molecule has 1 aliphatic rings. The smallest absolute Gasteiger partial charge is 0.299 e. The van der Waals surface area contributed by atoms with Crippen molar-refractivity contribution in [3.05, 3.63) is 0 Å². The Bertz CT molecular complexity index is 244. The number of rotatable bonds is 3. The number of nitrogens with zero attached hydrogens (tertiary/aromatic N) is 2. The zero-order valence-electron chi connectivity index (χ0n) is 8.72. The molecule has 0 aromatic rings. The summed E-state index contributed by atoms with van der Waals surface area (Å²) < 4.78 is 37.1. The van der Waals surface area contributed by atoms with E-state index in [1.165, 1.54) is 6.07 Å². The number of alkyl halides is 3. The molecule has 0 amide bonds. The molecular formula is C10H15F3N2. The van der Waals surface area contributed by atoms with Crippen LogP contribution in [0.4, 0.5) is 13.2 Å². The van der Waals surface area contributed by atoms with Crippen molar-refractivity contribution in [1.82, 2.24) is 4.90 Å². The highest BCUT2D eigenvalue weighted by atomic mass is 19.4. The van der Waals surface area contributed by atoms with E-state index in [9.17, 15) is 13.2 Å². The molecular weight excluding hydrogens is 205 g/mol. The lowest BCUT2D eigenvalue weighted by atomic mass is 10.1. The fourth-order valence-corrected chi connectivity index (χ4v) is 2.05. The van der Waals surface area contributed by atoms with Crippen molar-refractivity contribution in [3.63, 3.8) is 0 Å². The summed E-state index contributed by atoms with van der Waals surface area (Å²) in [6.07, 6.45) is -1.65. The molecule has 15 heavy (non-hydrogen) atoms. The van der Waals surface area contributed by atoms with E-state index in [2.05, 4.69) is 0 Å². The summed E-state index contributed by atoms with van der Waals surface area (Å²) in [5, 5.41) is 8.48. The first-order valence-corrected chi connectivity index (χ1v) is 5.19. The summed E-state index contributed by atoms with van der Waals surface area (Å²) >= 11 is 0. The van der Waals surface area contributed by atoms with Gasteiger partial charge in [0.05, 0.1) is 6.07 Å². The SMILES string of the molecule is CCC1CCCN1CC(C#N)C(F)(F)F. The number of hydrogen-bond donors (Lipinski definition) is 0. The number of nitriles is 1. The molecule has 0 aromatic carbocycles. The third-order valence-corrected chi connectivity index (χ3v) is 2.94. The lowest BCUT2D eigenvalue weighted by molar-refractivity contribution is -0.163. The van der Waals surface area contributed by atoms with Crippen LogP contribution in [-0.4, -0.2) is 30.2 Å². The van der Waals surface area contributed by atoms with Gasteiger partial charge in [-0.15, -0.1) is 0 Å². The molecule has 1 heterocycles. The molecule has 2 unspecified atom stereocenters. The summed E-state index contributed by atoms with van der Waals surface area (Å²) in [7, 11) is 0. The second-order valence-corrected chi connectivity index (χ2v) is 3.92. The molecule has 2 nitrogen and oxygen atoms in total. The minimum absolute atomic E-state index is 0.168.